The fourth-order valence-corrected chi connectivity index (χ4v) is 5.64. The Balaban J connectivity index is 1.58. The molecule has 2 saturated heterocycles. The van der Waals surface area contributed by atoms with E-state index in [9.17, 15) is 9.59 Å². The molecule has 10 nitrogen and oxygen atoms in total. The first kappa shape index (κ1) is 19.2. The van der Waals surface area contributed by atoms with Gasteiger partial charge in [0.2, 0.25) is 11.5 Å². The minimum atomic E-state index is -1.01. The van der Waals surface area contributed by atoms with Crippen molar-refractivity contribution in [1.29, 1.82) is 0 Å². The van der Waals surface area contributed by atoms with E-state index in [0.29, 0.717) is 34.4 Å². The van der Waals surface area contributed by atoms with Crippen LogP contribution in [0.5, 0.6) is 0 Å². The maximum Gasteiger partial charge on any atom is 0.321 e. The van der Waals surface area contributed by atoms with Crippen LogP contribution in [0.1, 0.15) is 19.4 Å². The number of urea groups is 1. The van der Waals surface area contributed by atoms with E-state index in [0.717, 1.165) is 0 Å². The second kappa shape index (κ2) is 6.52. The van der Waals surface area contributed by atoms with Crippen LogP contribution < -0.4 is 15.5 Å². The molecule has 1 unspecified atom stereocenters. The number of morpholine rings is 1. The van der Waals surface area contributed by atoms with Crippen molar-refractivity contribution in [2.24, 2.45) is 5.41 Å². The van der Waals surface area contributed by atoms with Gasteiger partial charge >= 0.3 is 6.03 Å². The van der Waals surface area contributed by atoms with Gasteiger partial charge in [0.05, 0.1) is 40.9 Å². The predicted molar refractivity (Wildman–Crippen MR) is 110 cm³/mol. The highest BCUT2D eigenvalue weighted by molar-refractivity contribution is 6.02. The van der Waals surface area contributed by atoms with Gasteiger partial charge in [-0.1, -0.05) is 5.16 Å². The van der Waals surface area contributed by atoms with E-state index in [1.165, 1.54) is 0 Å². The van der Waals surface area contributed by atoms with Gasteiger partial charge in [-0.25, -0.2) is 9.18 Å². The lowest BCUT2D eigenvalue weighted by atomic mass is 9.67. The normalized spacial score (nSPS) is 29.6. The van der Waals surface area contributed by atoms with E-state index >= 15 is 4.39 Å². The second-order valence-electron chi connectivity index (χ2n) is 8.81. The molecular weight excluding hydrogens is 419 g/mol. The first-order valence-electron chi connectivity index (χ1n) is 10.5. The van der Waals surface area contributed by atoms with E-state index in [4.69, 9.17) is 9.26 Å². The Morgan fingerprint density at radius 3 is 2.91 bits per heavy atom. The Kier molecular flexibility index (Phi) is 3.92. The molecule has 4 atom stereocenters. The number of halogens is 1. The summed E-state index contributed by atoms with van der Waals surface area (Å²) in [4.78, 5) is 27.0. The van der Waals surface area contributed by atoms with Crippen LogP contribution in [-0.2, 0) is 16.0 Å². The van der Waals surface area contributed by atoms with Crippen molar-refractivity contribution in [2.75, 3.05) is 18.0 Å². The van der Waals surface area contributed by atoms with Crippen LogP contribution in [0, 0.1) is 11.2 Å². The lowest BCUT2D eigenvalue weighted by molar-refractivity contribution is -0.139. The molecule has 1 aromatic carbocycles. The third kappa shape index (κ3) is 2.48. The monoisotopic (exact) mass is 440 g/mol. The molecule has 2 aromatic heterocycles. The number of ether oxygens (including phenoxy) is 1. The SMILES string of the molecule is C[C@@H]1CN2c3c(cc4c(-c5cn[nH]c5)noc4c3F)CC3(CNC(=O)NC3=O)[C@H]2[C@H](C)O1. The van der Waals surface area contributed by atoms with Crippen molar-refractivity contribution in [1.82, 2.24) is 26.0 Å². The number of carbonyl (C=O) groups excluding carboxylic acids is 2. The standard InChI is InChI=1S/C21H21FN6O4/c1-9-7-28-16-11(3-13-15(12-5-24-25-6-12)27-32-17(13)14(16)22)4-21(18(28)10(2)31-9)8-23-20(30)26-19(21)29/h3,5-6,9-10,18H,4,7-8H2,1-2H3,(H,24,25)(H2,23,26,29,30)/t9-,10+,18-,21?/m1/s1. The molecule has 5 heterocycles. The quantitative estimate of drug-likeness (QED) is 0.526. The van der Waals surface area contributed by atoms with E-state index in [1.54, 1.807) is 12.4 Å². The molecule has 0 aliphatic carbocycles. The minimum absolute atomic E-state index is 0.0582. The van der Waals surface area contributed by atoms with Crippen LogP contribution in [0.25, 0.3) is 22.2 Å². The molecular formula is C21H21FN6O4. The summed E-state index contributed by atoms with van der Waals surface area (Å²) < 4.78 is 27.4. The Morgan fingerprint density at radius 2 is 2.16 bits per heavy atom. The van der Waals surface area contributed by atoms with Crippen molar-refractivity contribution in [3.8, 4) is 11.3 Å². The van der Waals surface area contributed by atoms with Crippen LogP contribution in [0.3, 0.4) is 0 Å². The third-order valence-electron chi connectivity index (χ3n) is 6.81. The fourth-order valence-electron chi connectivity index (χ4n) is 5.64. The summed E-state index contributed by atoms with van der Waals surface area (Å²) in [7, 11) is 0. The Hall–Kier alpha value is -3.47. The molecule has 0 bridgehead atoms. The van der Waals surface area contributed by atoms with Gasteiger partial charge < -0.3 is 19.5 Å². The summed E-state index contributed by atoms with van der Waals surface area (Å²) >= 11 is 0. The summed E-state index contributed by atoms with van der Waals surface area (Å²) in [6.07, 6.45) is 2.94. The van der Waals surface area contributed by atoms with E-state index < -0.39 is 23.3 Å². The maximum absolute atomic E-state index is 15.9. The smallest absolute Gasteiger partial charge is 0.321 e. The minimum Gasteiger partial charge on any atom is -0.372 e. The first-order valence-corrected chi connectivity index (χ1v) is 10.5. The Labute approximate surface area is 181 Å². The number of H-pyrrole nitrogens is 1. The molecule has 3 aromatic rings. The predicted octanol–water partition coefficient (Wildman–Crippen LogP) is 1.72. The van der Waals surface area contributed by atoms with Gasteiger partial charge in [0.25, 0.3) is 0 Å². The zero-order valence-electron chi connectivity index (χ0n) is 17.4. The number of nitrogens with one attached hydrogen (secondary N) is 3. The number of nitrogens with zero attached hydrogens (tertiary/aromatic N) is 3. The van der Waals surface area contributed by atoms with Gasteiger partial charge in [-0.05, 0) is 31.9 Å². The van der Waals surface area contributed by atoms with Crippen LogP contribution in [0.2, 0.25) is 0 Å². The van der Waals surface area contributed by atoms with Crippen molar-refractivity contribution in [2.45, 2.75) is 38.5 Å². The third-order valence-corrected chi connectivity index (χ3v) is 6.81. The molecule has 32 heavy (non-hydrogen) atoms. The molecule has 2 fully saturated rings. The van der Waals surface area contributed by atoms with Crippen molar-refractivity contribution < 1.29 is 23.2 Å². The number of anilines is 1. The van der Waals surface area contributed by atoms with Crippen LogP contribution >= 0.6 is 0 Å². The topological polar surface area (TPSA) is 125 Å². The number of rotatable bonds is 1. The number of hydrogen-bond donors (Lipinski definition) is 3. The number of aromatic nitrogens is 3. The number of aromatic amines is 1. The summed E-state index contributed by atoms with van der Waals surface area (Å²) in [5.41, 5.74) is 1.25. The zero-order chi connectivity index (χ0) is 22.2. The highest BCUT2D eigenvalue weighted by atomic mass is 19.1. The van der Waals surface area contributed by atoms with Gasteiger partial charge in [0, 0.05) is 24.8 Å². The number of benzene rings is 1. The second-order valence-corrected chi connectivity index (χ2v) is 8.81. The summed E-state index contributed by atoms with van der Waals surface area (Å²) in [5, 5.41) is 16.4. The molecule has 166 valence electrons. The molecule has 6 rings (SSSR count). The van der Waals surface area contributed by atoms with E-state index in [1.807, 2.05) is 24.8 Å². The Bertz CT molecular complexity index is 1260. The highest BCUT2D eigenvalue weighted by Gasteiger charge is 2.58. The summed E-state index contributed by atoms with van der Waals surface area (Å²) in [5.74, 6) is -0.895. The van der Waals surface area contributed by atoms with Gasteiger partial charge in [0.1, 0.15) is 5.69 Å². The van der Waals surface area contributed by atoms with Crippen molar-refractivity contribution >= 4 is 28.6 Å². The summed E-state index contributed by atoms with van der Waals surface area (Å²) in [6.45, 7) is 4.33. The van der Waals surface area contributed by atoms with E-state index in [-0.39, 0.29) is 36.7 Å². The van der Waals surface area contributed by atoms with Crippen LogP contribution in [-0.4, -0.2) is 58.6 Å². The molecule has 11 heteroatoms. The molecule has 3 aliphatic rings. The lowest BCUT2D eigenvalue weighted by Crippen LogP contribution is -2.73. The molecule has 3 amide bonds. The molecule has 0 radical (unpaired) electrons. The molecule has 1 spiro atoms. The largest absolute Gasteiger partial charge is 0.372 e. The summed E-state index contributed by atoms with van der Waals surface area (Å²) in [6, 6.07) is 0.840. The van der Waals surface area contributed by atoms with Gasteiger partial charge in [-0.2, -0.15) is 5.10 Å². The van der Waals surface area contributed by atoms with E-state index in [2.05, 4.69) is 26.0 Å². The fraction of sp³-hybridized carbons (Fsp3) is 0.429. The van der Waals surface area contributed by atoms with Crippen molar-refractivity contribution in [3.05, 3.63) is 29.8 Å². The average Bonchev–Trinajstić information content (AvgIpc) is 3.40. The first-order chi connectivity index (χ1) is 15.4. The zero-order valence-corrected chi connectivity index (χ0v) is 17.4. The van der Waals surface area contributed by atoms with Gasteiger partial charge in [-0.3, -0.25) is 15.2 Å². The molecule has 0 saturated carbocycles. The number of carbonyl (C=O) groups is 2. The lowest BCUT2D eigenvalue weighted by Gasteiger charge is -2.56. The van der Waals surface area contributed by atoms with Crippen LogP contribution in [0.4, 0.5) is 14.9 Å². The van der Waals surface area contributed by atoms with Crippen molar-refractivity contribution in [3.63, 3.8) is 0 Å². The van der Waals surface area contributed by atoms with Crippen LogP contribution in [0.15, 0.2) is 23.0 Å². The van der Waals surface area contributed by atoms with Gasteiger partial charge in [-0.15, -0.1) is 0 Å². The molecule has 3 aliphatic heterocycles. The number of hydrogen-bond acceptors (Lipinski definition) is 7. The van der Waals surface area contributed by atoms with Gasteiger partial charge in [0.15, 0.2) is 5.82 Å². The number of fused-ring (bicyclic) bond motifs is 5. The molecule has 3 N–H and O–H groups in total. The number of imide groups is 1. The Morgan fingerprint density at radius 1 is 1.31 bits per heavy atom. The number of amides is 3. The maximum atomic E-state index is 15.9. The average molecular weight is 440 g/mol. The highest BCUT2D eigenvalue weighted by Crippen LogP contribution is 2.49.